The highest BCUT2D eigenvalue weighted by Gasteiger charge is 2.27. The third kappa shape index (κ3) is 5.16. The Bertz CT molecular complexity index is 1390. The van der Waals surface area contributed by atoms with Gasteiger partial charge in [-0.05, 0) is 54.1 Å². The minimum Gasteiger partial charge on any atom is -0.325 e. The van der Waals surface area contributed by atoms with Gasteiger partial charge in [-0.3, -0.25) is 19.3 Å². The molecule has 6 nitrogen and oxygen atoms in total. The fourth-order valence-corrected chi connectivity index (χ4v) is 5.06. The van der Waals surface area contributed by atoms with Gasteiger partial charge in [-0.1, -0.05) is 60.7 Å². The Labute approximate surface area is 213 Å². The number of carbonyl (C=O) groups is 3. The summed E-state index contributed by atoms with van der Waals surface area (Å²) in [6.07, 6.45) is 0. The lowest BCUT2D eigenvalue weighted by molar-refractivity contribution is -0.116. The first-order chi connectivity index (χ1) is 17.6. The van der Waals surface area contributed by atoms with Gasteiger partial charge in [0, 0.05) is 16.1 Å². The standard InChI is InChI=1S/C29H23N3O3S/c33-26-19-32(25-14-8-7-13-24(25)31-26)29(35)21-15-17-22(18-16-21)30-28(34)27(20-9-3-1-4-10-20)36-23-11-5-2-6-12-23/h1-18,27H,19H2,(H,30,34)(H,31,33). The molecule has 4 aromatic carbocycles. The van der Waals surface area contributed by atoms with Crippen molar-refractivity contribution in [2.45, 2.75) is 10.1 Å². The maximum absolute atomic E-state index is 13.3. The number of anilines is 3. The molecular weight excluding hydrogens is 470 g/mol. The van der Waals surface area contributed by atoms with E-state index in [0.29, 0.717) is 22.6 Å². The van der Waals surface area contributed by atoms with Crippen molar-refractivity contribution in [3.63, 3.8) is 0 Å². The summed E-state index contributed by atoms with van der Waals surface area (Å²) in [5.74, 6) is -0.679. The van der Waals surface area contributed by atoms with E-state index in [4.69, 9.17) is 0 Å². The van der Waals surface area contributed by atoms with Gasteiger partial charge in [0.25, 0.3) is 5.91 Å². The molecule has 1 aliphatic rings. The predicted octanol–water partition coefficient (Wildman–Crippen LogP) is 5.76. The molecule has 0 bridgehead atoms. The van der Waals surface area contributed by atoms with Crippen LogP contribution in [0.15, 0.2) is 114 Å². The molecule has 1 aliphatic heterocycles. The van der Waals surface area contributed by atoms with Crippen LogP contribution in [0.2, 0.25) is 0 Å². The van der Waals surface area contributed by atoms with Crippen molar-refractivity contribution >= 4 is 46.5 Å². The highest BCUT2D eigenvalue weighted by molar-refractivity contribution is 8.00. The molecule has 3 amide bonds. The van der Waals surface area contributed by atoms with Crippen LogP contribution in [0.25, 0.3) is 0 Å². The molecule has 1 atom stereocenters. The van der Waals surface area contributed by atoms with Gasteiger partial charge in [-0.2, -0.15) is 0 Å². The molecule has 0 fully saturated rings. The molecule has 178 valence electrons. The fraction of sp³-hybridized carbons (Fsp3) is 0.0690. The van der Waals surface area contributed by atoms with Crippen LogP contribution in [0.3, 0.4) is 0 Å². The number of benzene rings is 4. The van der Waals surface area contributed by atoms with Crippen LogP contribution < -0.4 is 15.5 Å². The number of hydrogen-bond acceptors (Lipinski definition) is 4. The second-order valence-electron chi connectivity index (χ2n) is 8.24. The number of fused-ring (bicyclic) bond motifs is 1. The average molecular weight is 494 g/mol. The molecule has 2 N–H and O–H groups in total. The van der Waals surface area contributed by atoms with Crippen molar-refractivity contribution in [2.75, 3.05) is 22.1 Å². The van der Waals surface area contributed by atoms with E-state index in [1.807, 2.05) is 72.8 Å². The number of para-hydroxylation sites is 2. The topological polar surface area (TPSA) is 78.5 Å². The lowest BCUT2D eigenvalue weighted by Gasteiger charge is -2.29. The number of thioether (sulfide) groups is 1. The number of nitrogens with zero attached hydrogens (tertiary/aromatic N) is 1. The summed E-state index contributed by atoms with van der Waals surface area (Å²) < 4.78 is 0. The molecule has 7 heteroatoms. The van der Waals surface area contributed by atoms with Gasteiger partial charge in [-0.25, -0.2) is 0 Å². The summed E-state index contributed by atoms with van der Waals surface area (Å²) in [5, 5.41) is 5.32. The first kappa shape index (κ1) is 23.4. The molecule has 0 saturated carbocycles. The van der Waals surface area contributed by atoms with Gasteiger partial charge in [0.05, 0.1) is 11.4 Å². The van der Waals surface area contributed by atoms with Crippen LogP contribution in [0, 0.1) is 0 Å². The van der Waals surface area contributed by atoms with Gasteiger partial charge in [-0.15, -0.1) is 11.8 Å². The average Bonchev–Trinajstić information content (AvgIpc) is 2.92. The van der Waals surface area contributed by atoms with E-state index in [2.05, 4.69) is 10.6 Å². The molecule has 1 heterocycles. The molecule has 5 rings (SSSR count). The summed E-state index contributed by atoms with van der Waals surface area (Å²) in [7, 11) is 0. The zero-order valence-corrected chi connectivity index (χ0v) is 20.1. The zero-order chi connectivity index (χ0) is 24.9. The van der Waals surface area contributed by atoms with Gasteiger partial charge in [0.1, 0.15) is 11.8 Å². The van der Waals surface area contributed by atoms with Crippen molar-refractivity contribution in [1.29, 1.82) is 0 Å². The first-order valence-corrected chi connectivity index (χ1v) is 12.3. The number of nitrogens with one attached hydrogen (secondary N) is 2. The minimum absolute atomic E-state index is 0.0518. The van der Waals surface area contributed by atoms with Crippen LogP contribution in [-0.4, -0.2) is 24.3 Å². The number of carbonyl (C=O) groups excluding carboxylic acids is 3. The third-order valence-electron chi connectivity index (χ3n) is 5.75. The zero-order valence-electron chi connectivity index (χ0n) is 19.3. The Hall–Kier alpha value is -4.36. The van der Waals surface area contributed by atoms with Crippen molar-refractivity contribution in [1.82, 2.24) is 0 Å². The third-order valence-corrected chi connectivity index (χ3v) is 7.02. The van der Waals surface area contributed by atoms with Crippen LogP contribution in [0.5, 0.6) is 0 Å². The lowest BCUT2D eigenvalue weighted by Crippen LogP contribution is -2.42. The van der Waals surface area contributed by atoms with E-state index in [1.165, 1.54) is 16.7 Å². The highest BCUT2D eigenvalue weighted by Crippen LogP contribution is 2.36. The Morgan fingerprint density at radius 1 is 0.806 bits per heavy atom. The highest BCUT2D eigenvalue weighted by atomic mass is 32.2. The number of hydrogen-bond donors (Lipinski definition) is 2. The van der Waals surface area contributed by atoms with Gasteiger partial charge in [0.2, 0.25) is 11.8 Å². The fourth-order valence-electron chi connectivity index (χ4n) is 4.01. The molecule has 0 saturated heterocycles. The predicted molar refractivity (Wildman–Crippen MR) is 143 cm³/mol. The van der Waals surface area contributed by atoms with Crippen LogP contribution in [-0.2, 0) is 9.59 Å². The van der Waals surface area contributed by atoms with Gasteiger partial charge >= 0.3 is 0 Å². The Morgan fingerprint density at radius 2 is 1.44 bits per heavy atom. The second kappa shape index (κ2) is 10.5. The summed E-state index contributed by atoms with van der Waals surface area (Å²) in [5.41, 5.74) is 3.17. The number of rotatable bonds is 6. The lowest BCUT2D eigenvalue weighted by atomic mass is 10.1. The summed E-state index contributed by atoms with van der Waals surface area (Å²) in [6.45, 7) is -0.0518. The normalized spacial score (nSPS) is 13.3. The van der Waals surface area contributed by atoms with E-state index in [9.17, 15) is 14.4 Å². The monoisotopic (exact) mass is 493 g/mol. The smallest absolute Gasteiger partial charge is 0.258 e. The van der Waals surface area contributed by atoms with Gasteiger partial charge in [0.15, 0.2) is 0 Å². The second-order valence-corrected chi connectivity index (χ2v) is 9.42. The molecule has 0 aromatic heterocycles. The summed E-state index contributed by atoms with van der Waals surface area (Å²) >= 11 is 1.48. The van der Waals surface area contributed by atoms with Crippen LogP contribution >= 0.6 is 11.8 Å². The molecule has 1 unspecified atom stereocenters. The van der Waals surface area contributed by atoms with Crippen molar-refractivity contribution < 1.29 is 14.4 Å². The van der Waals surface area contributed by atoms with Gasteiger partial charge < -0.3 is 10.6 Å². The summed E-state index contributed by atoms with van der Waals surface area (Å²) in [6, 6.07) is 33.4. The number of amides is 3. The van der Waals surface area contributed by atoms with Crippen LogP contribution in [0.4, 0.5) is 17.1 Å². The maximum Gasteiger partial charge on any atom is 0.258 e. The molecule has 0 spiro atoms. The van der Waals surface area contributed by atoms with Crippen molar-refractivity contribution in [2.24, 2.45) is 0 Å². The SMILES string of the molecule is O=C1CN(C(=O)c2ccc(NC(=O)C(Sc3ccccc3)c3ccccc3)cc2)c2ccccc2N1. The van der Waals surface area contributed by atoms with Crippen molar-refractivity contribution in [3.8, 4) is 0 Å². The Balaban J connectivity index is 1.33. The van der Waals surface area contributed by atoms with E-state index in [1.54, 1.807) is 36.4 Å². The molecule has 4 aromatic rings. The van der Waals surface area contributed by atoms with E-state index >= 15 is 0 Å². The first-order valence-electron chi connectivity index (χ1n) is 11.5. The van der Waals surface area contributed by atoms with E-state index < -0.39 is 5.25 Å². The largest absolute Gasteiger partial charge is 0.325 e. The minimum atomic E-state index is -0.446. The van der Waals surface area contributed by atoms with Crippen LogP contribution in [0.1, 0.15) is 21.2 Å². The molecule has 0 radical (unpaired) electrons. The van der Waals surface area contributed by atoms with Crippen molar-refractivity contribution in [3.05, 3.63) is 120 Å². The Kier molecular flexibility index (Phi) is 6.82. The maximum atomic E-state index is 13.3. The molecular formula is C29H23N3O3S. The Morgan fingerprint density at radius 3 is 2.17 bits per heavy atom. The van der Waals surface area contributed by atoms with E-state index in [0.717, 1.165) is 10.5 Å². The molecule has 0 aliphatic carbocycles. The quantitative estimate of drug-likeness (QED) is 0.335. The molecule has 36 heavy (non-hydrogen) atoms. The summed E-state index contributed by atoms with van der Waals surface area (Å²) in [4.78, 5) is 41.1. The van der Waals surface area contributed by atoms with E-state index in [-0.39, 0.29) is 24.3 Å².